The SMILES string of the molecule is COCCNC(=O)CNCc1cc([N+](=O)[O-])ccc1OC. The highest BCUT2D eigenvalue weighted by Gasteiger charge is 2.11. The lowest BCUT2D eigenvalue weighted by Gasteiger charge is -2.10. The average Bonchev–Trinajstić information content (AvgIpc) is 2.47. The van der Waals surface area contributed by atoms with Crippen LogP contribution in [0.25, 0.3) is 0 Å². The van der Waals surface area contributed by atoms with Crippen molar-refractivity contribution in [2.75, 3.05) is 33.9 Å². The zero-order chi connectivity index (χ0) is 15.7. The van der Waals surface area contributed by atoms with Crippen molar-refractivity contribution in [3.8, 4) is 5.75 Å². The lowest BCUT2D eigenvalue weighted by Crippen LogP contribution is -2.35. The molecule has 0 aromatic heterocycles. The highest BCUT2D eigenvalue weighted by atomic mass is 16.6. The molecule has 2 N–H and O–H groups in total. The van der Waals surface area contributed by atoms with Gasteiger partial charge >= 0.3 is 0 Å². The molecule has 0 aliphatic rings. The van der Waals surface area contributed by atoms with Gasteiger partial charge in [-0.15, -0.1) is 0 Å². The number of nitrogens with zero attached hydrogens (tertiary/aromatic N) is 1. The number of nitrogens with one attached hydrogen (secondary N) is 2. The number of hydrogen-bond acceptors (Lipinski definition) is 6. The van der Waals surface area contributed by atoms with E-state index in [1.807, 2.05) is 0 Å². The summed E-state index contributed by atoms with van der Waals surface area (Å²) in [6.07, 6.45) is 0. The average molecular weight is 297 g/mol. The number of carbonyl (C=O) groups excluding carboxylic acids is 1. The van der Waals surface area contributed by atoms with Crippen molar-refractivity contribution < 1.29 is 19.2 Å². The third kappa shape index (κ3) is 5.76. The standard InChI is InChI=1S/C13H19N3O5/c1-20-6-5-15-13(17)9-14-8-10-7-11(16(18)19)3-4-12(10)21-2/h3-4,7,14H,5-6,8-9H2,1-2H3,(H,15,17). The number of non-ortho nitro benzene ring substituents is 1. The summed E-state index contributed by atoms with van der Waals surface area (Å²) in [5, 5.41) is 16.3. The molecule has 0 radical (unpaired) electrons. The molecule has 1 rings (SSSR count). The van der Waals surface area contributed by atoms with Crippen LogP contribution in [0.1, 0.15) is 5.56 Å². The summed E-state index contributed by atoms with van der Waals surface area (Å²) in [7, 11) is 3.04. The van der Waals surface area contributed by atoms with Gasteiger partial charge in [-0.25, -0.2) is 0 Å². The largest absolute Gasteiger partial charge is 0.496 e. The smallest absolute Gasteiger partial charge is 0.270 e. The summed E-state index contributed by atoms with van der Waals surface area (Å²) < 4.78 is 9.95. The van der Waals surface area contributed by atoms with Gasteiger partial charge in [0.15, 0.2) is 0 Å². The van der Waals surface area contributed by atoms with Gasteiger partial charge in [-0.2, -0.15) is 0 Å². The Morgan fingerprint density at radius 1 is 1.38 bits per heavy atom. The van der Waals surface area contributed by atoms with E-state index in [4.69, 9.17) is 9.47 Å². The molecule has 0 heterocycles. The van der Waals surface area contributed by atoms with Crippen molar-refractivity contribution in [1.82, 2.24) is 10.6 Å². The second-order valence-electron chi connectivity index (χ2n) is 4.20. The van der Waals surface area contributed by atoms with Gasteiger partial charge in [0.05, 0.1) is 25.2 Å². The lowest BCUT2D eigenvalue weighted by atomic mass is 10.1. The van der Waals surface area contributed by atoms with E-state index in [0.29, 0.717) is 31.0 Å². The van der Waals surface area contributed by atoms with Crippen LogP contribution in [0.2, 0.25) is 0 Å². The molecule has 1 amide bonds. The maximum absolute atomic E-state index is 11.5. The van der Waals surface area contributed by atoms with Gasteiger partial charge in [-0.3, -0.25) is 14.9 Å². The van der Waals surface area contributed by atoms with Crippen LogP contribution in [-0.4, -0.2) is 44.7 Å². The normalized spacial score (nSPS) is 10.2. The van der Waals surface area contributed by atoms with Crippen molar-refractivity contribution in [2.24, 2.45) is 0 Å². The van der Waals surface area contributed by atoms with Crippen LogP contribution in [0.4, 0.5) is 5.69 Å². The molecule has 0 saturated carbocycles. The number of nitro groups is 1. The number of nitro benzene ring substituents is 1. The summed E-state index contributed by atoms with van der Waals surface area (Å²) in [6.45, 7) is 1.29. The molecule has 0 bridgehead atoms. The minimum Gasteiger partial charge on any atom is -0.496 e. The summed E-state index contributed by atoms with van der Waals surface area (Å²) in [6, 6.07) is 4.34. The second-order valence-corrected chi connectivity index (χ2v) is 4.20. The third-order valence-corrected chi connectivity index (χ3v) is 2.70. The minimum absolute atomic E-state index is 0.0165. The summed E-state index contributed by atoms with van der Waals surface area (Å²) >= 11 is 0. The molecule has 0 aliphatic carbocycles. The Morgan fingerprint density at radius 2 is 2.14 bits per heavy atom. The highest BCUT2D eigenvalue weighted by Crippen LogP contribution is 2.23. The summed E-state index contributed by atoms with van der Waals surface area (Å²) in [5.41, 5.74) is 0.605. The number of ether oxygens (including phenoxy) is 2. The van der Waals surface area contributed by atoms with E-state index >= 15 is 0 Å². The molecular weight excluding hydrogens is 278 g/mol. The molecule has 21 heavy (non-hydrogen) atoms. The van der Waals surface area contributed by atoms with Gasteiger partial charge in [0.2, 0.25) is 5.91 Å². The van der Waals surface area contributed by atoms with Gasteiger partial charge in [0.25, 0.3) is 5.69 Å². The van der Waals surface area contributed by atoms with E-state index in [1.165, 1.54) is 25.3 Å². The van der Waals surface area contributed by atoms with Gasteiger partial charge in [-0.1, -0.05) is 0 Å². The number of carbonyl (C=O) groups is 1. The van der Waals surface area contributed by atoms with Gasteiger partial charge in [0, 0.05) is 37.9 Å². The molecule has 0 aliphatic heterocycles. The maximum atomic E-state index is 11.5. The molecule has 0 unspecified atom stereocenters. The van der Waals surface area contributed by atoms with Crippen LogP contribution in [0.15, 0.2) is 18.2 Å². The fourth-order valence-electron chi connectivity index (χ4n) is 1.68. The molecule has 0 spiro atoms. The van der Waals surface area contributed by atoms with Crippen molar-refractivity contribution in [3.63, 3.8) is 0 Å². The first-order chi connectivity index (χ1) is 10.1. The number of benzene rings is 1. The van der Waals surface area contributed by atoms with Gasteiger partial charge in [0.1, 0.15) is 5.75 Å². The van der Waals surface area contributed by atoms with Crippen molar-refractivity contribution in [3.05, 3.63) is 33.9 Å². The molecule has 8 heteroatoms. The maximum Gasteiger partial charge on any atom is 0.270 e. The number of rotatable bonds is 9. The topological polar surface area (TPSA) is 103 Å². The molecule has 0 atom stereocenters. The van der Waals surface area contributed by atoms with E-state index in [2.05, 4.69) is 10.6 Å². The van der Waals surface area contributed by atoms with Crippen molar-refractivity contribution in [1.29, 1.82) is 0 Å². The second kappa shape index (κ2) is 8.88. The van der Waals surface area contributed by atoms with Crippen LogP contribution in [-0.2, 0) is 16.1 Å². The predicted octanol–water partition coefficient (Wildman–Crippen LogP) is 0.456. The molecule has 8 nitrogen and oxygen atoms in total. The Kier molecular flexibility index (Phi) is 7.13. The summed E-state index contributed by atoms with van der Waals surface area (Å²) in [5.74, 6) is 0.365. The van der Waals surface area contributed by atoms with Crippen molar-refractivity contribution in [2.45, 2.75) is 6.54 Å². The fourth-order valence-corrected chi connectivity index (χ4v) is 1.68. The molecule has 0 saturated heterocycles. The first-order valence-corrected chi connectivity index (χ1v) is 6.36. The minimum atomic E-state index is -0.472. The Hall–Kier alpha value is -2.19. The molecule has 1 aromatic rings. The number of methoxy groups -OCH3 is 2. The quantitative estimate of drug-likeness (QED) is 0.390. The Bertz CT molecular complexity index is 493. The Balaban J connectivity index is 2.52. The van der Waals surface area contributed by atoms with E-state index in [0.717, 1.165) is 0 Å². The molecule has 116 valence electrons. The summed E-state index contributed by atoms with van der Waals surface area (Å²) in [4.78, 5) is 21.7. The highest BCUT2D eigenvalue weighted by molar-refractivity contribution is 5.77. The molecule has 0 fully saturated rings. The van der Waals surface area contributed by atoms with Gasteiger partial charge in [-0.05, 0) is 6.07 Å². The number of hydrogen-bond donors (Lipinski definition) is 2. The Labute approximate surface area is 122 Å². The van der Waals surface area contributed by atoms with Gasteiger partial charge < -0.3 is 20.1 Å². The van der Waals surface area contributed by atoms with E-state index in [-0.39, 0.29) is 18.1 Å². The molecule has 1 aromatic carbocycles. The van der Waals surface area contributed by atoms with E-state index in [1.54, 1.807) is 7.11 Å². The van der Waals surface area contributed by atoms with Crippen molar-refractivity contribution >= 4 is 11.6 Å². The van der Waals surface area contributed by atoms with Crippen LogP contribution in [0, 0.1) is 10.1 Å². The third-order valence-electron chi connectivity index (χ3n) is 2.70. The van der Waals surface area contributed by atoms with Crippen LogP contribution < -0.4 is 15.4 Å². The monoisotopic (exact) mass is 297 g/mol. The zero-order valence-corrected chi connectivity index (χ0v) is 12.0. The molecular formula is C13H19N3O5. The van der Waals surface area contributed by atoms with E-state index in [9.17, 15) is 14.9 Å². The predicted molar refractivity (Wildman–Crippen MR) is 76.2 cm³/mol. The van der Waals surface area contributed by atoms with Crippen LogP contribution in [0.5, 0.6) is 5.75 Å². The zero-order valence-electron chi connectivity index (χ0n) is 12.0. The first kappa shape index (κ1) is 16.9. The Morgan fingerprint density at radius 3 is 2.76 bits per heavy atom. The fraction of sp³-hybridized carbons (Fsp3) is 0.462. The van der Waals surface area contributed by atoms with Crippen LogP contribution >= 0.6 is 0 Å². The number of amides is 1. The lowest BCUT2D eigenvalue weighted by molar-refractivity contribution is -0.384. The van der Waals surface area contributed by atoms with Crippen LogP contribution in [0.3, 0.4) is 0 Å². The van der Waals surface area contributed by atoms with E-state index < -0.39 is 4.92 Å². The first-order valence-electron chi connectivity index (χ1n) is 6.36.